The summed E-state index contributed by atoms with van der Waals surface area (Å²) in [5.74, 6) is 0. The molecule has 0 aromatic heterocycles. The molecule has 3 nitrogen and oxygen atoms in total. The van der Waals surface area contributed by atoms with E-state index in [1.165, 1.54) is 44.5 Å². The average Bonchev–Trinajstić information content (AvgIpc) is 2.89. The van der Waals surface area contributed by atoms with Gasteiger partial charge in [0.05, 0.1) is 11.4 Å². The van der Waals surface area contributed by atoms with Crippen LogP contribution in [0.3, 0.4) is 0 Å². The Hall–Kier alpha value is -2.00. The highest BCUT2D eigenvalue weighted by atomic mass is 35.5. The van der Waals surface area contributed by atoms with Gasteiger partial charge in [0.25, 0.3) is 0 Å². The number of rotatable bonds is 4. The summed E-state index contributed by atoms with van der Waals surface area (Å²) in [5.41, 5.74) is 7.35. The zero-order valence-electron chi connectivity index (χ0n) is 14.1. The van der Waals surface area contributed by atoms with Gasteiger partial charge < -0.3 is 4.90 Å². The minimum Gasteiger partial charge on any atom is -0.372 e. The highest BCUT2D eigenvalue weighted by molar-refractivity contribution is 6.30. The van der Waals surface area contributed by atoms with Gasteiger partial charge in [0.15, 0.2) is 0 Å². The molecule has 4 heteroatoms. The van der Waals surface area contributed by atoms with Gasteiger partial charge in [-0.2, -0.15) is 5.10 Å². The van der Waals surface area contributed by atoms with E-state index in [1.54, 1.807) is 0 Å². The molecule has 126 valence electrons. The van der Waals surface area contributed by atoms with Crippen molar-refractivity contribution >= 4 is 28.7 Å². The van der Waals surface area contributed by atoms with Crippen LogP contribution in [0, 0.1) is 0 Å². The molecule has 0 spiro atoms. The lowest BCUT2D eigenvalue weighted by Gasteiger charge is -2.22. The van der Waals surface area contributed by atoms with Crippen molar-refractivity contribution < 1.29 is 0 Å². The van der Waals surface area contributed by atoms with Crippen LogP contribution in [0.4, 0.5) is 11.4 Å². The quantitative estimate of drug-likeness (QED) is 0.582. The van der Waals surface area contributed by atoms with Crippen molar-refractivity contribution in [1.29, 1.82) is 0 Å². The third kappa shape index (κ3) is 4.51. The topological polar surface area (TPSA) is 27.6 Å². The van der Waals surface area contributed by atoms with Gasteiger partial charge in [-0.05, 0) is 55.7 Å². The van der Waals surface area contributed by atoms with Gasteiger partial charge in [-0.15, -0.1) is 0 Å². The van der Waals surface area contributed by atoms with Gasteiger partial charge in [-0.3, -0.25) is 5.43 Å². The van der Waals surface area contributed by atoms with Crippen LogP contribution in [0.5, 0.6) is 0 Å². The monoisotopic (exact) mass is 341 g/mol. The van der Waals surface area contributed by atoms with E-state index in [9.17, 15) is 0 Å². The molecule has 0 bridgehead atoms. The number of nitrogens with one attached hydrogen (secondary N) is 1. The van der Waals surface area contributed by atoms with Crippen LogP contribution in [-0.4, -0.2) is 18.8 Å². The predicted molar refractivity (Wildman–Crippen MR) is 104 cm³/mol. The van der Waals surface area contributed by atoms with Crippen molar-refractivity contribution in [3.63, 3.8) is 0 Å². The molecule has 1 N–H and O–H groups in total. The van der Waals surface area contributed by atoms with Crippen LogP contribution in [-0.2, 0) is 0 Å². The zero-order chi connectivity index (χ0) is 16.8. The van der Waals surface area contributed by atoms with Crippen LogP contribution in [0.15, 0.2) is 53.6 Å². The second-order valence-electron chi connectivity index (χ2n) is 6.27. The fourth-order valence-corrected chi connectivity index (χ4v) is 3.20. The maximum Gasteiger partial charge on any atom is 0.0648 e. The van der Waals surface area contributed by atoms with Gasteiger partial charge in [-0.25, -0.2) is 0 Å². The molecular weight excluding hydrogens is 318 g/mol. The molecule has 24 heavy (non-hydrogen) atoms. The maximum atomic E-state index is 5.99. The third-order valence-electron chi connectivity index (χ3n) is 4.43. The number of halogens is 1. The van der Waals surface area contributed by atoms with Crippen LogP contribution in [0.25, 0.3) is 0 Å². The molecule has 2 aromatic rings. The molecule has 1 aliphatic rings. The van der Waals surface area contributed by atoms with Crippen molar-refractivity contribution in [2.75, 3.05) is 23.4 Å². The number of hydrogen-bond acceptors (Lipinski definition) is 3. The number of hydrazone groups is 1. The molecule has 1 aliphatic heterocycles. The molecule has 1 heterocycles. The number of anilines is 2. The van der Waals surface area contributed by atoms with E-state index >= 15 is 0 Å². The Morgan fingerprint density at radius 1 is 1.00 bits per heavy atom. The Kier molecular flexibility index (Phi) is 5.76. The second-order valence-corrected chi connectivity index (χ2v) is 6.70. The summed E-state index contributed by atoms with van der Waals surface area (Å²) in [7, 11) is 0. The first-order valence-corrected chi connectivity index (χ1v) is 9.01. The largest absolute Gasteiger partial charge is 0.372 e. The van der Waals surface area contributed by atoms with Gasteiger partial charge in [0, 0.05) is 23.8 Å². The van der Waals surface area contributed by atoms with Crippen LogP contribution in [0.1, 0.15) is 38.2 Å². The van der Waals surface area contributed by atoms with E-state index < -0.39 is 0 Å². The highest BCUT2D eigenvalue weighted by Gasteiger charge is 2.09. The summed E-state index contributed by atoms with van der Waals surface area (Å²) in [6.07, 6.45) is 5.31. The minimum absolute atomic E-state index is 0.703. The molecule has 0 saturated carbocycles. The number of hydrogen-bond donors (Lipinski definition) is 1. The zero-order valence-corrected chi connectivity index (χ0v) is 14.9. The lowest BCUT2D eigenvalue weighted by atomic mass is 10.1. The number of nitrogens with zero attached hydrogens (tertiary/aromatic N) is 2. The van der Waals surface area contributed by atoms with Gasteiger partial charge in [0.1, 0.15) is 0 Å². The number of benzene rings is 2. The Labute approximate surface area is 149 Å². The van der Waals surface area contributed by atoms with Crippen LogP contribution < -0.4 is 10.3 Å². The lowest BCUT2D eigenvalue weighted by molar-refractivity contribution is 0.726. The van der Waals surface area contributed by atoms with Crippen molar-refractivity contribution in [1.82, 2.24) is 0 Å². The Bertz CT molecular complexity index is 686. The lowest BCUT2D eigenvalue weighted by Crippen LogP contribution is -2.23. The molecule has 0 amide bonds. The first-order chi connectivity index (χ1) is 11.7. The molecule has 1 fully saturated rings. The smallest absolute Gasteiger partial charge is 0.0648 e. The fourth-order valence-electron chi connectivity index (χ4n) is 3.01. The Balaban J connectivity index is 1.66. The van der Waals surface area contributed by atoms with Crippen LogP contribution >= 0.6 is 11.6 Å². The molecular formula is C20H24ClN3. The highest BCUT2D eigenvalue weighted by Crippen LogP contribution is 2.20. The van der Waals surface area contributed by atoms with E-state index in [2.05, 4.69) is 39.7 Å². The summed E-state index contributed by atoms with van der Waals surface area (Å²) < 4.78 is 0. The van der Waals surface area contributed by atoms with Gasteiger partial charge in [-0.1, -0.05) is 42.6 Å². The summed E-state index contributed by atoms with van der Waals surface area (Å²) in [5, 5.41) is 5.16. The normalized spacial score (nSPS) is 15.9. The fraction of sp³-hybridized carbons (Fsp3) is 0.350. The van der Waals surface area contributed by atoms with Crippen LogP contribution in [0.2, 0.25) is 5.02 Å². The molecule has 2 aromatic carbocycles. The van der Waals surface area contributed by atoms with E-state index in [4.69, 9.17) is 11.6 Å². The second kappa shape index (κ2) is 8.20. The van der Waals surface area contributed by atoms with Crippen molar-refractivity contribution in [3.05, 3.63) is 59.1 Å². The molecule has 0 unspecified atom stereocenters. The minimum atomic E-state index is 0.703. The molecule has 3 rings (SSSR count). The van der Waals surface area contributed by atoms with E-state index in [0.29, 0.717) is 5.02 Å². The van der Waals surface area contributed by atoms with Gasteiger partial charge in [0.2, 0.25) is 0 Å². The van der Waals surface area contributed by atoms with E-state index in [1.807, 2.05) is 31.2 Å². The summed E-state index contributed by atoms with van der Waals surface area (Å²) in [4.78, 5) is 2.49. The summed E-state index contributed by atoms with van der Waals surface area (Å²) in [6.45, 7) is 4.35. The summed E-state index contributed by atoms with van der Waals surface area (Å²) in [6, 6.07) is 16.3. The van der Waals surface area contributed by atoms with Crippen molar-refractivity contribution in [2.24, 2.45) is 5.10 Å². The van der Waals surface area contributed by atoms with Crippen molar-refractivity contribution in [2.45, 2.75) is 32.6 Å². The Morgan fingerprint density at radius 3 is 2.38 bits per heavy atom. The predicted octanol–water partition coefficient (Wildman–Crippen LogP) is 5.56. The van der Waals surface area contributed by atoms with Gasteiger partial charge >= 0.3 is 0 Å². The van der Waals surface area contributed by atoms with Crippen molar-refractivity contribution in [3.8, 4) is 0 Å². The first-order valence-electron chi connectivity index (χ1n) is 8.63. The molecule has 0 aliphatic carbocycles. The Morgan fingerprint density at radius 2 is 1.71 bits per heavy atom. The molecule has 1 saturated heterocycles. The third-order valence-corrected chi connectivity index (χ3v) is 4.67. The SMILES string of the molecule is C/C(=N/Nc1cccc(Cl)c1)c1ccc(N2CCCCCC2)cc1. The molecule has 0 radical (unpaired) electrons. The average molecular weight is 342 g/mol. The first kappa shape index (κ1) is 16.8. The van der Waals surface area contributed by atoms with E-state index in [-0.39, 0.29) is 0 Å². The van der Waals surface area contributed by atoms with E-state index in [0.717, 1.165) is 17.0 Å². The molecule has 0 atom stereocenters. The maximum absolute atomic E-state index is 5.99. The summed E-state index contributed by atoms with van der Waals surface area (Å²) >= 11 is 5.99. The standard InChI is InChI=1S/C20H24ClN3/c1-16(22-23-19-8-6-7-18(21)15-19)17-9-11-20(12-10-17)24-13-4-2-3-5-14-24/h6-12,15,23H,2-5,13-14H2,1H3/b22-16-.